The number of carbonyl (C=O) groups is 1. The first-order valence-electron chi connectivity index (χ1n) is 6.58. The van der Waals surface area contributed by atoms with Gasteiger partial charge in [-0.1, -0.05) is 51.3 Å². The molecule has 0 aromatic heterocycles. The van der Waals surface area contributed by atoms with Crippen molar-refractivity contribution >= 4 is 45.0 Å². The molecular formula is C16H12BrCl2NO2. The van der Waals surface area contributed by atoms with E-state index in [0.717, 1.165) is 21.3 Å². The third-order valence-corrected chi connectivity index (χ3v) is 4.83. The highest BCUT2D eigenvalue weighted by molar-refractivity contribution is 9.10. The number of ether oxygens (including phenoxy) is 1. The Balaban J connectivity index is 1.90. The van der Waals surface area contributed by atoms with E-state index in [2.05, 4.69) is 15.9 Å². The van der Waals surface area contributed by atoms with Gasteiger partial charge in [0.05, 0.1) is 17.7 Å². The number of carbonyl (C=O) groups excluding carboxylic acids is 1. The van der Waals surface area contributed by atoms with E-state index in [9.17, 15) is 4.79 Å². The molecule has 0 fully saturated rings. The molecule has 2 aromatic rings. The van der Waals surface area contributed by atoms with Crippen LogP contribution in [0.2, 0.25) is 5.02 Å². The zero-order chi connectivity index (χ0) is 15.9. The van der Waals surface area contributed by atoms with Crippen LogP contribution >= 0.6 is 39.1 Å². The minimum atomic E-state index is -0.528. The number of hydrogen-bond donors (Lipinski definition) is 0. The van der Waals surface area contributed by atoms with Crippen LogP contribution in [0.5, 0.6) is 5.75 Å². The Kier molecular flexibility index (Phi) is 4.35. The van der Waals surface area contributed by atoms with E-state index in [1.165, 1.54) is 0 Å². The molecule has 2 aromatic carbocycles. The van der Waals surface area contributed by atoms with Gasteiger partial charge in [0, 0.05) is 16.6 Å². The minimum Gasteiger partial charge on any atom is -0.497 e. The largest absolute Gasteiger partial charge is 0.497 e. The van der Waals surface area contributed by atoms with E-state index in [4.69, 9.17) is 27.9 Å². The van der Waals surface area contributed by atoms with Gasteiger partial charge < -0.3 is 9.64 Å². The van der Waals surface area contributed by atoms with Gasteiger partial charge in [-0.2, -0.15) is 0 Å². The summed E-state index contributed by atoms with van der Waals surface area (Å²) in [7, 11) is 1.62. The average molecular weight is 401 g/mol. The molecule has 0 saturated heterocycles. The molecule has 0 spiro atoms. The van der Waals surface area contributed by atoms with E-state index in [1.54, 1.807) is 18.1 Å². The summed E-state index contributed by atoms with van der Waals surface area (Å²) in [5.74, 6) is 0.623. The lowest BCUT2D eigenvalue weighted by atomic mass is 10.1. The van der Waals surface area contributed by atoms with Crippen LogP contribution in [-0.2, 0) is 6.54 Å². The second kappa shape index (κ2) is 6.11. The van der Waals surface area contributed by atoms with Crippen LogP contribution in [-0.4, -0.2) is 17.9 Å². The van der Waals surface area contributed by atoms with Crippen molar-refractivity contribution < 1.29 is 9.53 Å². The fourth-order valence-corrected chi connectivity index (χ4v) is 3.75. The highest BCUT2D eigenvalue weighted by Crippen LogP contribution is 2.42. The van der Waals surface area contributed by atoms with E-state index >= 15 is 0 Å². The van der Waals surface area contributed by atoms with Crippen LogP contribution in [0.1, 0.15) is 27.0 Å². The number of methoxy groups -OCH3 is 1. The summed E-state index contributed by atoms with van der Waals surface area (Å²) >= 11 is 16.0. The van der Waals surface area contributed by atoms with E-state index < -0.39 is 5.50 Å². The third kappa shape index (κ3) is 2.71. The number of fused-ring (bicyclic) bond motifs is 1. The topological polar surface area (TPSA) is 29.5 Å². The van der Waals surface area contributed by atoms with Crippen molar-refractivity contribution in [2.24, 2.45) is 0 Å². The Bertz CT molecular complexity index is 734. The molecule has 1 heterocycles. The number of amides is 1. The second-order valence-corrected chi connectivity index (χ2v) is 6.71. The fraction of sp³-hybridized carbons (Fsp3) is 0.188. The summed E-state index contributed by atoms with van der Waals surface area (Å²) in [5, 5.41) is 0.414. The number of nitrogens with zero attached hydrogens (tertiary/aromatic N) is 1. The van der Waals surface area contributed by atoms with Crippen molar-refractivity contribution in [3.63, 3.8) is 0 Å². The normalized spacial score (nSPS) is 16.8. The van der Waals surface area contributed by atoms with E-state index in [0.29, 0.717) is 17.1 Å². The lowest BCUT2D eigenvalue weighted by Crippen LogP contribution is -2.25. The molecule has 0 bridgehead atoms. The maximum Gasteiger partial charge on any atom is 0.257 e. The Hall–Kier alpha value is -1.23. The van der Waals surface area contributed by atoms with Crippen molar-refractivity contribution in [3.8, 4) is 5.75 Å². The molecule has 1 aliphatic heterocycles. The maximum absolute atomic E-state index is 12.6. The van der Waals surface area contributed by atoms with Gasteiger partial charge in [0.1, 0.15) is 11.3 Å². The van der Waals surface area contributed by atoms with Crippen LogP contribution in [0.15, 0.2) is 40.9 Å². The summed E-state index contributed by atoms with van der Waals surface area (Å²) in [6, 6.07) is 11.1. The fourth-order valence-electron chi connectivity index (χ4n) is 2.50. The first kappa shape index (κ1) is 15.7. The van der Waals surface area contributed by atoms with E-state index in [-0.39, 0.29) is 5.91 Å². The van der Waals surface area contributed by atoms with Crippen LogP contribution in [0.3, 0.4) is 0 Å². The van der Waals surface area contributed by atoms with Gasteiger partial charge in [-0.3, -0.25) is 4.79 Å². The zero-order valence-corrected chi connectivity index (χ0v) is 14.7. The van der Waals surface area contributed by atoms with Gasteiger partial charge in [0.25, 0.3) is 5.91 Å². The van der Waals surface area contributed by atoms with Crippen LogP contribution in [0.4, 0.5) is 0 Å². The number of benzene rings is 2. The quantitative estimate of drug-likeness (QED) is 0.535. The summed E-state index contributed by atoms with van der Waals surface area (Å²) in [6.07, 6.45) is 0. The van der Waals surface area contributed by atoms with Crippen LogP contribution < -0.4 is 4.74 Å². The molecule has 3 nitrogen and oxygen atoms in total. The third-order valence-electron chi connectivity index (χ3n) is 3.60. The Morgan fingerprint density at radius 2 is 1.95 bits per heavy atom. The molecule has 0 saturated carbocycles. The number of hydrogen-bond acceptors (Lipinski definition) is 2. The monoisotopic (exact) mass is 399 g/mol. The molecule has 3 rings (SSSR count). The van der Waals surface area contributed by atoms with Gasteiger partial charge in [-0.25, -0.2) is 0 Å². The SMILES string of the molecule is COc1ccc(CN2C(=O)c3c(Cl)cc(Br)cc3C2Cl)cc1. The average Bonchev–Trinajstić information content (AvgIpc) is 2.73. The Morgan fingerprint density at radius 3 is 2.59 bits per heavy atom. The second-order valence-electron chi connectivity index (χ2n) is 4.97. The molecule has 1 aliphatic rings. The van der Waals surface area contributed by atoms with Gasteiger partial charge >= 0.3 is 0 Å². The Labute approximate surface area is 146 Å². The Morgan fingerprint density at radius 1 is 1.27 bits per heavy atom. The predicted molar refractivity (Wildman–Crippen MR) is 90.6 cm³/mol. The number of alkyl halides is 1. The molecule has 0 radical (unpaired) electrons. The maximum atomic E-state index is 12.6. The summed E-state index contributed by atoms with van der Waals surface area (Å²) < 4.78 is 5.94. The molecule has 22 heavy (non-hydrogen) atoms. The molecule has 1 amide bonds. The smallest absolute Gasteiger partial charge is 0.257 e. The van der Waals surface area contributed by atoms with Crippen LogP contribution in [0, 0.1) is 0 Å². The zero-order valence-electron chi connectivity index (χ0n) is 11.6. The molecule has 6 heteroatoms. The van der Waals surface area contributed by atoms with Crippen LogP contribution in [0.25, 0.3) is 0 Å². The molecular weight excluding hydrogens is 389 g/mol. The van der Waals surface area contributed by atoms with Crippen molar-refractivity contribution in [2.45, 2.75) is 12.0 Å². The molecule has 1 unspecified atom stereocenters. The minimum absolute atomic E-state index is 0.150. The first-order valence-corrected chi connectivity index (χ1v) is 8.19. The standard InChI is InChI=1S/C16H12BrCl2NO2/c1-22-11-4-2-9(3-5-11)8-20-15(19)12-6-10(17)7-13(18)14(12)16(20)21/h2-7,15H,8H2,1H3. The van der Waals surface area contributed by atoms with E-state index in [1.807, 2.05) is 30.3 Å². The number of halogens is 3. The first-order chi connectivity index (χ1) is 10.5. The molecule has 114 valence electrons. The highest BCUT2D eigenvalue weighted by Gasteiger charge is 2.37. The number of rotatable bonds is 3. The van der Waals surface area contributed by atoms with Crippen molar-refractivity contribution in [3.05, 3.63) is 62.6 Å². The molecule has 0 N–H and O–H groups in total. The molecule has 0 aliphatic carbocycles. The lowest BCUT2D eigenvalue weighted by molar-refractivity contribution is 0.0758. The van der Waals surface area contributed by atoms with Gasteiger partial charge in [-0.05, 0) is 29.8 Å². The van der Waals surface area contributed by atoms with Crippen molar-refractivity contribution in [2.75, 3.05) is 7.11 Å². The van der Waals surface area contributed by atoms with Gasteiger partial charge in [0.2, 0.25) is 0 Å². The van der Waals surface area contributed by atoms with Crippen molar-refractivity contribution in [1.29, 1.82) is 0 Å². The highest BCUT2D eigenvalue weighted by atomic mass is 79.9. The predicted octanol–water partition coefficient (Wildman–Crippen LogP) is 5.00. The molecule has 1 atom stereocenters. The summed E-state index contributed by atoms with van der Waals surface area (Å²) in [4.78, 5) is 14.2. The van der Waals surface area contributed by atoms with Gasteiger partial charge in [-0.15, -0.1) is 0 Å². The van der Waals surface area contributed by atoms with Gasteiger partial charge in [0.15, 0.2) is 0 Å². The van der Waals surface area contributed by atoms with Crippen molar-refractivity contribution in [1.82, 2.24) is 4.90 Å². The summed E-state index contributed by atoms with van der Waals surface area (Å²) in [6.45, 7) is 0.416. The summed E-state index contributed by atoms with van der Waals surface area (Å²) in [5.41, 5.74) is 1.67. The lowest BCUT2D eigenvalue weighted by Gasteiger charge is -2.20.